The predicted octanol–water partition coefficient (Wildman–Crippen LogP) is 3.27. The summed E-state index contributed by atoms with van der Waals surface area (Å²) in [6.07, 6.45) is -0.525. The number of amides is 1. The van der Waals surface area contributed by atoms with Gasteiger partial charge in [-0.2, -0.15) is 0 Å². The number of hydrogen-bond acceptors (Lipinski definition) is 6. The fourth-order valence-corrected chi connectivity index (χ4v) is 2.30. The summed E-state index contributed by atoms with van der Waals surface area (Å²) in [7, 11) is 0. The molecule has 0 saturated heterocycles. The number of thioether (sulfide) groups is 1. The van der Waals surface area contributed by atoms with E-state index in [0.29, 0.717) is 10.9 Å². The third-order valence-electron chi connectivity index (χ3n) is 1.58. The van der Waals surface area contributed by atoms with Crippen LogP contribution in [-0.4, -0.2) is 21.8 Å². The molecular weight excluding hydrogens is 272 g/mol. The van der Waals surface area contributed by atoms with Gasteiger partial charge in [0, 0.05) is 18.1 Å². The molecule has 1 amide bonds. The summed E-state index contributed by atoms with van der Waals surface area (Å²) in [5, 5.41) is 4.89. The highest BCUT2D eigenvalue weighted by Crippen LogP contribution is 2.20. The Labute approximate surface area is 114 Å². The molecule has 0 radical (unpaired) electrons. The lowest BCUT2D eigenvalue weighted by Gasteiger charge is -2.18. The molecule has 0 fully saturated rings. The van der Waals surface area contributed by atoms with E-state index in [1.54, 1.807) is 20.8 Å². The van der Waals surface area contributed by atoms with E-state index in [4.69, 9.17) is 4.74 Å². The van der Waals surface area contributed by atoms with Crippen molar-refractivity contribution < 1.29 is 14.3 Å². The molecule has 0 aromatic carbocycles. The Kier molecular flexibility index (Phi) is 5.15. The number of nitrogens with one attached hydrogen (secondary N) is 1. The van der Waals surface area contributed by atoms with E-state index >= 15 is 0 Å². The van der Waals surface area contributed by atoms with E-state index in [2.05, 4.69) is 10.3 Å². The van der Waals surface area contributed by atoms with Crippen LogP contribution in [0.2, 0.25) is 0 Å². The molecule has 5 nitrogen and oxygen atoms in total. The molecule has 100 valence electrons. The molecule has 0 bridgehead atoms. The molecule has 7 heteroatoms. The standard InChI is InChI=1S/C11H16N2O3S2/c1-7(14)17-5-8-6-18-9(12-8)13-10(15)16-11(2,3)4/h6H,5H2,1-4H3,(H,12,13,15). The van der Waals surface area contributed by atoms with Gasteiger partial charge in [-0.1, -0.05) is 11.8 Å². The number of hydrogen-bond donors (Lipinski definition) is 1. The zero-order valence-corrected chi connectivity index (χ0v) is 12.4. The molecule has 0 atom stereocenters. The van der Waals surface area contributed by atoms with Gasteiger partial charge in [-0.25, -0.2) is 9.78 Å². The third-order valence-corrected chi connectivity index (χ3v) is 3.24. The molecule has 0 aliphatic rings. The molecular formula is C11H16N2O3S2. The van der Waals surface area contributed by atoms with Gasteiger partial charge in [0.25, 0.3) is 0 Å². The van der Waals surface area contributed by atoms with Crippen LogP contribution in [0, 0.1) is 0 Å². The SMILES string of the molecule is CC(=O)SCc1csc(NC(=O)OC(C)(C)C)n1. The molecule has 0 spiro atoms. The van der Waals surface area contributed by atoms with E-state index in [1.807, 2.05) is 5.38 Å². The Bertz CT molecular complexity index is 438. The summed E-state index contributed by atoms with van der Waals surface area (Å²) in [5.41, 5.74) is 0.237. The van der Waals surface area contributed by atoms with Crippen LogP contribution in [-0.2, 0) is 15.3 Å². The van der Waals surface area contributed by atoms with Gasteiger partial charge < -0.3 is 4.74 Å². The van der Waals surface area contributed by atoms with Crippen molar-refractivity contribution in [2.24, 2.45) is 0 Å². The highest BCUT2D eigenvalue weighted by atomic mass is 32.2. The van der Waals surface area contributed by atoms with Crippen LogP contribution in [0.15, 0.2) is 5.38 Å². The molecule has 0 aliphatic carbocycles. The van der Waals surface area contributed by atoms with E-state index < -0.39 is 11.7 Å². The van der Waals surface area contributed by atoms with Gasteiger partial charge in [-0.15, -0.1) is 11.3 Å². The normalized spacial score (nSPS) is 11.1. The van der Waals surface area contributed by atoms with Gasteiger partial charge in [0.05, 0.1) is 5.69 Å². The fourth-order valence-electron chi connectivity index (χ4n) is 0.997. The lowest BCUT2D eigenvalue weighted by atomic mass is 10.2. The second kappa shape index (κ2) is 6.19. The second-order valence-electron chi connectivity index (χ2n) is 4.55. The maximum absolute atomic E-state index is 11.5. The summed E-state index contributed by atoms with van der Waals surface area (Å²) < 4.78 is 5.11. The first-order chi connectivity index (χ1) is 8.26. The van der Waals surface area contributed by atoms with Crippen LogP contribution in [0.1, 0.15) is 33.4 Å². The predicted molar refractivity (Wildman–Crippen MR) is 73.9 cm³/mol. The van der Waals surface area contributed by atoms with Crippen molar-refractivity contribution in [3.63, 3.8) is 0 Å². The first kappa shape index (κ1) is 15.0. The van der Waals surface area contributed by atoms with Crippen LogP contribution in [0.25, 0.3) is 0 Å². The summed E-state index contributed by atoms with van der Waals surface area (Å²) in [4.78, 5) is 26.5. The fraction of sp³-hybridized carbons (Fsp3) is 0.545. The van der Waals surface area contributed by atoms with Gasteiger partial charge >= 0.3 is 6.09 Å². The zero-order valence-electron chi connectivity index (χ0n) is 10.8. The monoisotopic (exact) mass is 288 g/mol. The van der Waals surface area contributed by atoms with E-state index in [0.717, 1.165) is 5.69 Å². The van der Waals surface area contributed by atoms with Crippen molar-refractivity contribution in [1.29, 1.82) is 0 Å². The third kappa shape index (κ3) is 6.02. The Hall–Kier alpha value is -1.08. The molecule has 1 N–H and O–H groups in total. The van der Waals surface area contributed by atoms with E-state index in [1.165, 1.54) is 30.0 Å². The maximum atomic E-state index is 11.5. The maximum Gasteiger partial charge on any atom is 0.413 e. The van der Waals surface area contributed by atoms with Gasteiger partial charge in [-0.3, -0.25) is 10.1 Å². The molecule has 0 unspecified atom stereocenters. The van der Waals surface area contributed by atoms with E-state index in [9.17, 15) is 9.59 Å². The summed E-state index contributed by atoms with van der Waals surface area (Å²) >= 11 is 2.50. The first-order valence-corrected chi connectivity index (χ1v) is 7.20. The minimum atomic E-state index is -0.533. The largest absolute Gasteiger partial charge is 0.444 e. The molecule has 18 heavy (non-hydrogen) atoms. The number of thiazole rings is 1. The highest BCUT2D eigenvalue weighted by molar-refractivity contribution is 8.12. The Morgan fingerprint density at radius 1 is 1.50 bits per heavy atom. The average Bonchev–Trinajstić information content (AvgIpc) is 2.59. The Balaban J connectivity index is 2.48. The average molecular weight is 288 g/mol. The van der Waals surface area contributed by atoms with Crippen molar-refractivity contribution in [2.45, 2.75) is 39.0 Å². The number of carbonyl (C=O) groups is 2. The molecule has 1 aromatic rings. The quantitative estimate of drug-likeness (QED) is 0.924. The van der Waals surface area contributed by atoms with E-state index in [-0.39, 0.29) is 5.12 Å². The van der Waals surface area contributed by atoms with Crippen molar-refractivity contribution in [3.8, 4) is 0 Å². The number of nitrogens with zero attached hydrogens (tertiary/aromatic N) is 1. The smallest absolute Gasteiger partial charge is 0.413 e. The summed E-state index contributed by atoms with van der Waals surface area (Å²) in [6, 6.07) is 0. The molecule has 1 aromatic heterocycles. The second-order valence-corrected chi connectivity index (χ2v) is 6.56. The van der Waals surface area contributed by atoms with Crippen molar-refractivity contribution in [1.82, 2.24) is 4.98 Å². The molecule has 0 aliphatic heterocycles. The topological polar surface area (TPSA) is 68.3 Å². The Morgan fingerprint density at radius 3 is 2.72 bits per heavy atom. The number of anilines is 1. The highest BCUT2D eigenvalue weighted by Gasteiger charge is 2.17. The number of aromatic nitrogens is 1. The van der Waals surface area contributed by atoms with Gasteiger partial charge in [0.2, 0.25) is 0 Å². The molecule has 0 saturated carbocycles. The minimum absolute atomic E-state index is 0.0460. The van der Waals surface area contributed by atoms with Crippen LogP contribution < -0.4 is 5.32 Å². The van der Waals surface area contributed by atoms with Gasteiger partial charge in [-0.05, 0) is 20.8 Å². The zero-order chi connectivity index (χ0) is 13.8. The number of carbonyl (C=O) groups excluding carboxylic acids is 2. The van der Waals surface area contributed by atoms with Gasteiger partial charge in [0.15, 0.2) is 10.2 Å². The van der Waals surface area contributed by atoms with Crippen LogP contribution in [0.4, 0.5) is 9.93 Å². The summed E-state index contributed by atoms with van der Waals surface area (Å²) in [6.45, 7) is 6.90. The molecule has 1 rings (SSSR count). The summed E-state index contributed by atoms with van der Waals surface area (Å²) in [5.74, 6) is 0.516. The van der Waals surface area contributed by atoms with Crippen molar-refractivity contribution in [2.75, 3.05) is 5.32 Å². The van der Waals surface area contributed by atoms with Crippen molar-refractivity contribution >= 4 is 39.4 Å². The first-order valence-electron chi connectivity index (χ1n) is 5.34. The van der Waals surface area contributed by atoms with Gasteiger partial charge in [0.1, 0.15) is 5.60 Å². The number of ether oxygens (including phenoxy) is 1. The van der Waals surface area contributed by atoms with Crippen LogP contribution in [0.5, 0.6) is 0 Å². The van der Waals surface area contributed by atoms with Crippen molar-refractivity contribution in [3.05, 3.63) is 11.1 Å². The minimum Gasteiger partial charge on any atom is -0.444 e. The molecule has 1 heterocycles. The van der Waals surface area contributed by atoms with Crippen LogP contribution >= 0.6 is 23.1 Å². The lowest BCUT2D eigenvalue weighted by molar-refractivity contribution is -0.109. The lowest BCUT2D eigenvalue weighted by Crippen LogP contribution is -2.27. The van der Waals surface area contributed by atoms with Crippen LogP contribution in [0.3, 0.4) is 0 Å². The Morgan fingerprint density at radius 2 is 2.17 bits per heavy atom. The number of rotatable bonds is 3.